The number of carboxylic acid groups (broad SMARTS) is 1. The number of aromatic nitrogens is 4. The van der Waals surface area contributed by atoms with Crippen LogP contribution in [-0.4, -0.2) is 179 Å². The van der Waals surface area contributed by atoms with Crippen molar-refractivity contribution in [3.63, 3.8) is 0 Å². The van der Waals surface area contributed by atoms with Gasteiger partial charge in [0.15, 0.2) is 11.4 Å². The number of benzene rings is 2. The lowest BCUT2D eigenvalue weighted by Gasteiger charge is -2.37. The molecule has 2 amide bonds. The highest BCUT2D eigenvalue weighted by atomic mass is 16.6. The molecular weight excluding hydrogens is 869 g/mol. The van der Waals surface area contributed by atoms with Gasteiger partial charge in [0.1, 0.15) is 5.60 Å². The summed E-state index contributed by atoms with van der Waals surface area (Å²) in [6, 6.07) is 15.7. The largest absolute Gasteiger partial charge is 0.476 e. The van der Waals surface area contributed by atoms with Crippen LogP contribution in [0.15, 0.2) is 60.9 Å². The molecule has 0 radical (unpaired) electrons. The summed E-state index contributed by atoms with van der Waals surface area (Å²) in [5.74, 6) is -1.67. The first kappa shape index (κ1) is 50.1. The molecule has 0 atom stereocenters. The van der Waals surface area contributed by atoms with Crippen LogP contribution in [0.3, 0.4) is 0 Å². The van der Waals surface area contributed by atoms with E-state index < -0.39 is 17.5 Å². The number of carbonyl (C=O) groups excluding carboxylic acids is 3. The summed E-state index contributed by atoms with van der Waals surface area (Å²) in [5, 5.41) is 17.0. The second-order valence-electron chi connectivity index (χ2n) is 19.3. The summed E-state index contributed by atoms with van der Waals surface area (Å²) in [7, 11) is 3.59. The Kier molecular flexibility index (Phi) is 16.6. The number of carbonyl (C=O) groups is 4. The maximum atomic E-state index is 13.0. The topological polar surface area (TPSA) is 171 Å². The molecule has 4 aromatic rings. The number of hydrogen-bond acceptors (Lipinski definition) is 13. The lowest BCUT2D eigenvalue weighted by atomic mass is 10.0. The molecule has 18 nitrogen and oxygen atoms in total. The highest BCUT2D eigenvalue weighted by Gasteiger charge is 2.29. The SMILES string of the molecule is COC1CCN(c2cc(C)ccc2CN2CCN(C(=O)n3ccc(C(=O)O)n3)CC2)CC1.COC1CCN(c2cc(C)ccc2CN2CCN(C(=O)n3ccc(C(=O)OC(C)(C)C)n3)CC2)CC1. The fourth-order valence-corrected chi connectivity index (χ4v) is 9.25. The van der Waals surface area contributed by atoms with Crippen molar-refractivity contribution < 1.29 is 38.5 Å². The lowest BCUT2D eigenvalue weighted by Crippen LogP contribution is -2.49. The second-order valence-corrected chi connectivity index (χ2v) is 19.3. The molecule has 4 aliphatic heterocycles. The first-order valence-corrected chi connectivity index (χ1v) is 23.9. The molecule has 4 saturated heterocycles. The van der Waals surface area contributed by atoms with E-state index in [2.05, 4.69) is 80.0 Å². The zero-order valence-corrected chi connectivity index (χ0v) is 40.9. The van der Waals surface area contributed by atoms with Crippen LogP contribution in [0.2, 0.25) is 0 Å². The van der Waals surface area contributed by atoms with Crippen LogP contribution in [0, 0.1) is 13.8 Å². The lowest BCUT2D eigenvalue weighted by molar-refractivity contribution is 0.00619. The normalized spacial score (nSPS) is 18.0. The van der Waals surface area contributed by atoms with Crippen molar-refractivity contribution in [2.45, 2.75) is 91.2 Å². The zero-order chi connectivity index (χ0) is 48.5. The highest BCUT2D eigenvalue weighted by Crippen LogP contribution is 2.30. The molecule has 1 N–H and O–H groups in total. The van der Waals surface area contributed by atoms with Crippen molar-refractivity contribution in [1.29, 1.82) is 0 Å². The molecule has 0 unspecified atom stereocenters. The van der Waals surface area contributed by atoms with E-state index in [0.29, 0.717) is 38.4 Å². The highest BCUT2D eigenvalue weighted by molar-refractivity contribution is 5.88. The van der Waals surface area contributed by atoms with Gasteiger partial charge in [-0.2, -0.15) is 19.6 Å². The molecule has 0 saturated carbocycles. The maximum absolute atomic E-state index is 13.0. The van der Waals surface area contributed by atoms with E-state index in [1.165, 1.54) is 62.8 Å². The minimum atomic E-state index is -1.14. The van der Waals surface area contributed by atoms with E-state index in [0.717, 1.165) is 95.8 Å². The number of piperidine rings is 2. The molecule has 68 heavy (non-hydrogen) atoms. The van der Waals surface area contributed by atoms with E-state index in [-0.39, 0.29) is 23.5 Å². The number of methoxy groups -OCH3 is 2. The van der Waals surface area contributed by atoms with E-state index in [4.69, 9.17) is 19.3 Å². The first-order chi connectivity index (χ1) is 32.6. The Labute approximate surface area is 400 Å². The van der Waals surface area contributed by atoms with Crippen molar-refractivity contribution in [3.8, 4) is 0 Å². The standard InChI is InChI=1S/C27H39N5O4.C23H31N5O4/c1-20-6-7-21(24(18-20)30-11-8-22(35-5)9-12-30)19-29-14-16-31(17-15-29)26(34)32-13-10-23(28-32)25(33)36-27(2,3)4;1-17-3-4-18(21(15-17)26-8-5-19(32-2)6-9-26)16-25-11-13-27(14-12-25)23(31)28-10-7-20(24-28)22(29)30/h6-7,10,13,18,22H,8-9,11-12,14-17,19H2,1-5H3;3-4,7,10,15,19H,5-6,8-9,11-14,16H2,1-2H3,(H,29,30). The van der Waals surface area contributed by atoms with Crippen molar-refractivity contribution in [2.75, 3.05) is 103 Å². The fourth-order valence-electron chi connectivity index (χ4n) is 9.25. The number of piperazine rings is 2. The van der Waals surface area contributed by atoms with E-state index in [9.17, 15) is 19.2 Å². The monoisotopic (exact) mass is 939 g/mol. The number of carboxylic acids is 1. The van der Waals surface area contributed by atoms with Crippen LogP contribution in [-0.2, 0) is 27.3 Å². The van der Waals surface area contributed by atoms with Crippen LogP contribution >= 0.6 is 0 Å². The summed E-state index contributed by atoms with van der Waals surface area (Å²) in [5.41, 5.74) is 7.17. The van der Waals surface area contributed by atoms with Gasteiger partial charge in [-0.25, -0.2) is 19.2 Å². The summed E-state index contributed by atoms with van der Waals surface area (Å²) < 4.78 is 18.8. The third-order valence-electron chi connectivity index (χ3n) is 13.2. The summed E-state index contributed by atoms with van der Waals surface area (Å²) in [6.45, 7) is 20.9. The Balaban J connectivity index is 0.000000203. The van der Waals surface area contributed by atoms with Gasteiger partial charge in [-0.05, 0) is 107 Å². The van der Waals surface area contributed by atoms with Crippen LogP contribution in [0.5, 0.6) is 0 Å². The van der Waals surface area contributed by atoms with Gasteiger partial charge in [0, 0.05) is 130 Å². The molecule has 0 aliphatic carbocycles. The molecular formula is C50H70N10O8. The van der Waals surface area contributed by atoms with Crippen molar-refractivity contribution in [2.24, 2.45) is 0 Å². The average Bonchev–Trinajstić information content (AvgIpc) is 4.05. The molecule has 8 rings (SSSR count). The van der Waals surface area contributed by atoms with Crippen LogP contribution in [0.1, 0.15) is 89.7 Å². The molecule has 0 spiro atoms. The molecule has 368 valence electrons. The molecule has 6 heterocycles. The smallest absolute Gasteiger partial charge is 0.359 e. The van der Waals surface area contributed by atoms with Gasteiger partial charge < -0.3 is 38.9 Å². The predicted molar refractivity (Wildman–Crippen MR) is 259 cm³/mol. The number of amides is 2. The number of aryl methyl sites for hydroxylation is 2. The molecule has 18 heteroatoms. The first-order valence-electron chi connectivity index (χ1n) is 23.9. The minimum Gasteiger partial charge on any atom is -0.476 e. The zero-order valence-electron chi connectivity index (χ0n) is 40.9. The Morgan fingerprint density at radius 3 is 1.35 bits per heavy atom. The van der Waals surface area contributed by atoms with Crippen LogP contribution in [0.4, 0.5) is 21.0 Å². The van der Waals surface area contributed by atoms with Crippen molar-refractivity contribution in [3.05, 3.63) is 94.6 Å². The number of rotatable bonds is 10. The average molecular weight is 939 g/mol. The van der Waals surface area contributed by atoms with E-state index >= 15 is 0 Å². The number of hydrogen-bond donors (Lipinski definition) is 1. The van der Waals surface area contributed by atoms with E-state index in [1.807, 2.05) is 0 Å². The molecule has 2 aromatic carbocycles. The third kappa shape index (κ3) is 13.0. The second kappa shape index (κ2) is 22.5. The van der Waals surface area contributed by atoms with Crippen molar-refractivity contribution in [1.82, 2.24) is 39.2 Å². The number of aromatic carboxylic acids is 1. The summed E-state index contributed by atoms with van der Waals surface area (Å²) in [4.78, 5) is 62.1. The van der Waals surface area contributed by atoms with Gasteiger partial charge in [0.05, 0.1) is 12.2 Å². The van der Waals surface area contributed by atoms with Crippen LogP contribution < -0.4 is 9.80 Å². The number of anilines is 2. The Hall–Kier alpha value is -5.82. The van der Waals surface area contributed by atoms with Crippen LogP contribution in [0.25, 0.3) is 0 Å². The number of nitrogens with zero attached hydrogens (tertiary/aromatic N) is 10. The van der Waals surface area contributed by atoms with E-state index in [1.54, 1.807) is 44.8 Å². The van der Waals surface area contributed by atoms with Gasteiger partial charge in [-0.1, -0.05) is 24.3 Å². The van der Waals surface area contributed by atoms with Gasteiger partial charge >= 0.3 is 24.0 Å². The molecule has 4 fully saturated rings. The molecule has 2 aromatic heterocycles. The molecule has 4 aliphatic rings. The Morgan fingerprint density at radius 2 is 0.985 bits per heavy atom. The quantitative estimate of drug-likeness (QED) is 0.188. The van der Waals surface area contributed by atoms with Gasteiger partial charge in [-0.3, -0.25) is 9.80 Å². The Morgan fingerprint density at radius 1 is 0.588 bits per heavy atom. The minimum absolute atomic E-state index is 0.126. The van der Waals surface area contributed by atoms with Gasteiger partial charge in [-0.15, -0.1) is 0 Å². The van der Waals surface area contributed by atoms with Gasteiger partial charge in [0.25, 0.3) is 0 Å². The number of ether oxygens (including phenoxy) is 3. The third-order valence-corrected chi connectivity index (χ3v) is 13.2. The summed E-state index contributed by atoms with van der Waals surface area (Å²) in [6.07, 6.45) is 7.83. The number of esters is 1. The van der Waals surface area contributed by atoms with Gasteiger partial charge in [0.2, 0.25) is 0 Å². The Bertz CT molecular complexity index is 2340. The van der Waals surface area contributed by atoms with Crippen molar-refractivity contribution >= 4 is 35.4 Å². The maximum Gasteiger partial charge on any atom is 0.359 e. The predicted octanol–water partition coefficient (Wildman–Crippen LogP) is 5.84. The summed E-state index contributed by atoms with van der Waals surface area (Å²) >= 11 is 0. The molecule has 0 bridgehead atoms. The fraction of sp³-hybridized carbons (Fsp3) is 0.560.